The molecular weight excluding hydrogens is 324 g/mol. The minimum Gasteiger partial charge on any atom is -0.348 e. The molecule has 1 heterocycles. The first-order valence-corrected chi connectivity index (χ1v) is 9.36. The van der Waals surface area contributed by atoms with Crippen LogP contribution >= 0.6 is 0 Å². The zero-order valence-electron chi connectivity index (χ0n) is 13.4. The summed E-state index contributed by atoms with van der Waals surface area (Å²) < 4.78 is 26.5. The molecule has 0 saturated carbocycles. The molecule has 1 fully saturated rings. The van der Waals surface area contributed by atoms with Crippen molar-refractivity contribution in [2.75, 3.05) is 6.54 Å². The average Bonchev–Trinajstić information content (AvgIpc) is 2.55. The van der Waals surface area contributed by atoms with E-state index in [-0.39, 0.29) is 16.8 Å². The molecule has 0 radical (unpaired) electrons. The summed E-state index contributed by atoms with van der Waals surface area (Å²) in [5.41, 5.74) is 0.989. The fraction of sp³-hybridized carbons (Fsp3) is 0.278. The van der Waals surface area contributed by atoms with E-state index in [1.54, 1.807) is 30.3 Å². The van der Waals surface area contributed by atoms with Gasteiger partial charge in [0.25, 0.3) is 0 Å². The van der Waals surface area contributed by atoms with Gasteiger partial charge < -0.3 is 5.32 Å². The van der Waals surface area contributed by atoms with Gasteiger partial charge in [-0.25, -0.2) is 8.42 Å². The van der Waals surface area contributed by atoms with Gasteiger partial charge in [0, 0.05) is 6.54 Å². The van der Waals surface area contributed by atoms with Crippen molar-refractivity contribution < 1.29 is 13.2 Å². The first-order chi connectivity index (χ1) is 11.5. The van der Waals surface area contributed by atoms with E-state index in [0.29, 0.717) is 13.0 Å². The Morgan fingerprint density at radius 3 is 2.21 bits per heavy atom. The normalized spacial score (nSPS) is 19.3. The SMILES string of the molecule is C[C@H](NC(=O)[C@H]1CCN1S(=O)(=O)c1ccccc1)c1ccccc1. The lowest BCUT2D eigenvalue weighted by Crippen LogP contribution is -2.58. The summed E-state index contributed by atoms with van der Waals surface area (Å²) in [6.45, 7) is 2.26. The highest BCUT2D eigenvalue weighted by Crippen LogP contribution is 2.27. The summed E-state index contributed by atoms with van der Waals surface area (Å²) in [5, 5.41) is 2.91. The van der Waals surface area contributed by atoms with E-state index in [9.17, 15) is 13.2 Å². The predicted molar refractivity (Wildman–Crippen MR) is 91.7 cm³/mol. The Morgan fingerprint density at radius 1 is 1.08 bits per heavy atom. The van der Waals surface area contributed by atoms with Crippen LogP contribution in [-0.2, 0) is 14.8 Å². The van der Waals surface area contributed by atoms with Gasteiger partial charge in [0.15, 0.2) is 0 Å². The minimum atomic E-state index is -3.62. The third-order valence-electron chi connectivity index (χ3n) is 4.28. The Bertz CT molecular complexity index is 807. The Balaban J connectivity index is 1.71. The number of rotatable bonds is 5. The van der Waals surface area contributed by atoms with E-state index < -0.39 is 16.1 Å². The van der Waals surface area contributed by atoms with E-state index in [1.165, 1.54) is 4.31 Å². The third-order valence-corrected chi connectivity index (χ3v) is 6.20. The van der Waals surface area contributed by atoms with Crippen LogP contribution in [0.15, 0.2) is 65.6 Å². The number of carbonyl (C=O) groups excluding carboxylic acids is 1. The second kappa shape index (κ2) is 6.75. The lowest BCUT2D eigenvalue weighted by Gasteiger charge is -2.38. The van der Waals surface area contributed by atoms with E-state index in [2.05, 4.69) is 5.32 Å². The maximum atomic E-state index is 12.6. The molecule has 2 atom stereocenters. The Labute approximate surface area is 142 Å². The van der Waals surface area contributed by atoms with Crippen molar-refractivity contribution in [2.24, 2.45) is 0 Å². The van der Waals surface area contributed by atoms with Crippen molar-refractivity contribution in [3.63, 3.8) is 0 Å². The Hall–Kier alpha value is -2.18. The zero-order valence-corrected chi connectivity index (χ0v) is 14.2. The summed E-state index contributed by atoms with van der Waals surface area (Å²) in [6, 6.07) is 17.0. The van der Waals surface area contributed by atoms with E-state index in [4.69, 9.17) is 0 Å². The molecule has 0 spiro atoms. The average molecular weight is 344 g/mol. The smallest absolute Gasteiger partial charge is 0.243 e. The molecule has 3 rings (SSSR count). The lowest BCUT2D eigenvalue weighted by atomic mass is 10.0. The van der Waals surface area contributed by atoms with Crippen LogP contribution in [0.2, 0.25) is 0 Å². The first-order valence-electron chi connectivity index (χ1n) is 7.92. The molecule has 5 nitrogen and oxygen atoms in total. The van der Waals surface area contributed by atoms with E-state index >= 15 is 0 Å². The first kappa shape index (κ1) is 16.7. The zero-order chi connectivity index (χ0) is 17.2. The second-order valence-electron chi connectivity index (χ2n) is 5.87. The van der Waals surface area contributed by atoms with Gasteiger partial charge in [0.05, 0.1) is 10.9 Å². The predicted octanol–water partition coefficient (Wildman–Crippen LogP) is 2.33. The van der Waals surface area contributed by atoms with E-state index in [1.807, 2.05) is 37.3 Å². The highest BCUT2D eigenvalue weighted by atomic mass is 32.2. The number of hydrogen-bond donors (Lipinski definition) is 1. The van der Waals surface area contributed by atoms with Gasteiger partial charge in [-0.15, -0.1) is 0 Å². The topological polar surface area (TPSA) is 66.5 Å². The number of nitrogens with zero attached hydrogens (tertiary/aromatic N) is 1. The molecule has 2 aromatic carbocycles. The van der Waals surface area contributed by atoms with E-state index in [0.717, 1.165) is 5.56 Å². The molecule has 2 aromatic rings. The number of amides is 1. The van der Waals surface area contributed by atoms with Crippen molar-refractivity contribution in [1.29, 1.82) is 0 Å². The fourth-order valence-corrected chi connectivity index (χ4v) is 4.43. The molecule has 6 heteroatoms. The summed E-state index contributed by atoms with van der Waals surface area (Å²) in [6.07, 6.45) is 0.541. The van der Waals surface area contributed by atoms with Crippen LogP contribution in [0.25, 0.3) is 0 Å². The van der Waals surface area contributed by atoms with Crippen LogP contribution in [0.5, 0.6) is 0 Å². The van der Waals surface area contributed by atoms with Gasteiger partial charge in [-0.3, -0.25) is 4.79 Å². The molecule has 24 heavy (non-hydrogen) atoms. The highest BCUT2D eigenvalue weighted by molar-refractivity contribution is 7.89. The largest absolute Gasteiger partial charge is 0.348 e. The molecule has 0 aliphatic carbocycles. The van der Waals surface area contributed by atoms with Gasteiger partial charge in [0.2, 0.25) is 15.9 Å². The van der Waals surface area contributed by atoms with Crippen molar-refractivity contribution in [3.05, 3.63) is 66.2 Å². The molecule has 1 N–H and O–H groups in total. The van der Waals surface area contributed by atoms with Crippen LogP contribution in [0, 0.1) is 0 Å². The number of hydrogen-bond acceptors (Lipinski definition) is 3. The summed E-state index contributed by atoms with van der Waals surface area (Å²) >= 11 is 0. The Morgan fingerprint density at radius 2 is 1.67 bits per heavy atom. The quantitative estimate of drug-likeness (QED) is 0.905. The molecular formula is C18H20N2O3S. The second-order valence-corrected chi connectivity index (χ2v) is 7.76. The molecule has 0 unspecified atom stereocenters. The van der Waals surface area contributed by atoms with Gasteiger partial charge in [-0.05, 0) is 31.0 Å². The maximum Gasteiger partial charge on any atom is 0.243 e. The lowest BCUT2D eigenvalue weighted by molar-refractivity contribution is -0.128. The number of carbonyl (C=O) groups is 1. The van der Waals surface area contributed by atoms with Gasteiger partial charge in [-0.2, -0.15) is 4.31 Å². The van der Waals surface area contributed by atoms with Gasteiger partial charge in [0.1, 0.15) is 6.04 Å². The monoisotopic (exact) mass is 344 g/mol. The molecule has 1 saturated heterocycles. The fourth-order valence-electron chi connectivity index (χ4n) is 2.78. The maximum absolute atomic E-state index is 12.6. The Kier molecular flexibility index (Phi) is 4.69. The number of benzene rings is 2. The molecule has 0 bridgehead atoms. The van der Waals surface area contributed by atoms with Gasteiger partial charge >= 0.3 is 0 Å². The summed E-state index contributed by atoms with van der Waals surface area (Å²) in [7, 11) is -3.62. The van der Waals surface area contributed by atoms with Crippen molar-refractivity contribution in [3.8, 4) is 0 Å². The molecule has 1 aliphatic heterocycles. The van der Waals surface area contributed by atoms with Crippen molar-refractivity contribution in [2.45, 2.75) is 30.3 Å². The number of sulfonamides is 1. The number of nitrogens with one attached hydrogen (secondary N) is 1. The van der Waals surface area contributed by atoms with Crippen molar-refractivity contribution >= 4 is 15.9 Å². The summed E-state index contributed by atoms with van der Waals surface area (Å²) in [5.74, 6) is -0.253. The van der Waals surface area contributed by atoms with Crippen LogP contribution < -0.4 is 5.32 Å². The van der Waals surface area contributed by atoms with Gasteiger partial charge in [-0.1, -0.05) is 48.5 Å². The highest BCUT2D eigenvalue weighted by Gasteiger charge is 2.42. The van der Waals surface area contributed by atoms with Crippen LogP contribution in [0.4, 0.5) is 0 Å². The molecule has 1 aliphatic rings. The van der Waals surface area contributed by atoms with Crippen LogP contribution in [0.1, 0.15) is 24.9 Å². The third kappa shape index (κ3) is 3.20. The molecule has 126 valence electrons. The van der Waals surface area contributed by atoms with Crippen molar-refractivity contribution in [1.82, 2.24) is 9.62 Å². The summed E-state index contributed by atoms with van der Waals surface area (Å²) in [4.78, 5) is 12.7. The molecule has 1 amide bonds. The van der Waals surface area contributed by atoms with Crippen LogP contribution in [0.3, 0.4) is 0 Å². The molecule has 0 aromatic heterocycles. The minimum absolute atomic E-state index is 0.166. The van der Waals surface area contributed by atoms with Crippen LogP contribution in [-0.4, -0.2) is 31.2 Å². The standard InChI is InChI=1S/C18H20N2O3S/c1-14(15-8-4-2-5-9-15)19-18(21)17-12-13-20(17)24(22,23)16-10-6-3-7-11-16/h2-11,14,17H,12-13H2,1H3,(H,19,21)/t14-,17+/m0/s1.